The number of ether oxygens (including phenoxy) is 2. The first-order valence-electron chi connectivity index (χ1n) is 17.8. The molecule has 4 amide bonds. The summed E-state index contributed by atoms with van der Waals surface area (Å²) < 4.78 is 11.0. The first-order chi connectivity index (χ1) is 25.4. The molecule has 2 atom stereocenters. The summed E-state index contributed by atoms with van der Waals surface area (Å²) in [6.07, 6.45) is 6.79. The highest BCUT2D eigenvalue weighted by Crippen LogP contribution is 2.24. The van der Waals surface area contributed by atoms with Crippen molar-refractivity contribution in [1.29, 1.82) is 0 Å². The van der Waals surface area contributed by atoms with Crippen molar-refractivity contribution in [2.45, 2.75) is 63.8 Å². The number of benzene rings is 4. The number of amides is 4. The van der Waals surface area contributed by atoms with E-state index in [-0.39, 0.29) is 62.1 Å². The van der Waals surface area contributed by atoms with Crippen LogP contribution in [0.2, 0.25) is 0 Å². The van der Waals surface area contributed by atoms with E-state index in [1.54, 1.807) is 9.80 Å². The number of carbonyl (C=O) groups is 4. The first-order valence-corrected chi connectivity index (χ1v) is 17.8. The van der Waals surface area contributed by atoms with E-state index in [1.807, 2.05) is 121 Å². The number of nitrogens with zero attached hydrogens (tertiary/aromatic N) is 2. The molecule has 4 aromatic carbocycles. The van der Waals surface area contributed by atoms with Crippen LogP contribution in [0.1, 0.15) is 60.8 Å². The lowest BCUT2D eigenvalue weighted by atomic mass is 10.1. The van der Waals surface area contributed by atoms with E-state index < -0.39 is 0 Å². The fourth-order valence-electron chi connectivity index (χ4n) is 6.58. The van der Waals surface area contributed by atoms with E-state index in [9.17, 15) is 19.2 Å². The fourth-order valence-corrected chi connectivity index (χ4v) is 6.58. The minimum Gasteiger partial charge on any atom is -0.445 e. The lowest BCUT2D eigenvalue weighted by molar-refractivity contribution is -0.118. The normalized spacial score (nSPS) is 16.8. The molecule has 268 valence electrons. The van der Waals surface area contributed by atoms with Crippen LogP contribution in [0.25, 0.3) is 12.2 Å². The Hall–Kier alpha value is -5.90. The van der Waals surface area contributed by atoms with Gasteiger partial charge in [0, 0.05) is 49.4 Å². The molecule has 2 N–H and O–H groups in total. The SMILES string of the molecule is O=C(C[C@@H]1CCCN1C(=O)OCc1ccccc1)Nc1ccc(/C=C/c2ccc(NC(=O)C[C@@H]3CCCN3C(=O)OCc3ccccc3)cc2)cc1. The maximum absolute atomic E-state index is 12.9. The summed E-state index contributed by atoms with van der Waals surface area (Å²) in [7, 11) is 0. The van der Waals surface area contributed by atoms with Gasteiger partial charge in [-0.15, -0.1) is 0 Å². The number of nitrogens with one attached hydrogen (secondary N) is 2. The second kappa shape index (κ2) is 17.8. The summed E-state index contributed by atoms with van der Waals surface area (Å²) >= 11 is 0. The largest absolute Gasteiger partial charge is 0.445 e. The van der Waals surface area contributed by atoms with Crippen LogP contribution < -0.4 is 10.6 Å². The van der Waals surface area contributed by atoms with E-state index in [0.29, 0.717) is 24.5 Å². The van der Waals surface area contributed by atoms with Crippen LogP contribution in [-0.2, 0) is 32.3 Å². The lowest BCUT2D eigenvalue weighted by Gasteiger charge is -2.23. The summed E-state index contributed by atoms with van der Waals surface area (Å²) in [5.41, 5.74) is 5.13. The average molecular weight is 701 g/mol. The van der Waals surface area contributed by atoms with Crippen LogP contribution in [0.3, 0.4) is 0 Å². The van der Waals surface area contributed by atoms with Crippen LogP contribution >= 0.6 is 0 Å². The number of hydrogen-bond acceptors (Lipinski definition) is 6. The van der Waals surface area contributed by atoms with Crippen molar-refractivity contribution in [2.24, 2.45) is 0 Å². The predicted molar refractivity (Wildman–Crippen MR) is 201 cm³/mol. The summed E-state index contributed by atoms with van der Waals surface area (Å²) in [4.78, 5) is 54.4. The van der Waals surface area contributed by atoms with Gasteiger partial charge in [0.2, 0.25) is 11.8 Å². The predicted octanol–water partition coefficient (Wildman–Crippen LogP) is 8.12. The highest BCUT2D eigenvalue weighted by Gasteiger charge is 2.32. The number of likely N-dealkylation sites (tertiary alicyclic amines) is 2. The van der Waals surface area contributed by atoms with E-state index in [0.717, 1.165) is 47.9 Å². The Balaban J connectivity index is 0.920. The number of rotatable bonds is 12. The van der Waals surface area contributed by atoms with E-state index in [1.165, 1.54) is 0 Å². The molecular weight excluding hydrogens is 656 g/mol. The quantitative estimate of drug-likeness (QED) is 0.144. The highest BCUT2D eigenvalue weighted by atomic mass is 16.6. The Kier molecular flexibility index (Phi) is 12.3. The highest BCUT2D eigenvalue weighted by molar-refractivity contribution is 5.92. The zero-order chi connectivity index (χ0) is 36.1. The molecular formula is C42H44N4O6. The molecule has 0 aromatic heterocycles. The van der Waals surface area contributed by atoms with Gasteiger partial charge in [0.1, 0.15) is 13.2 Å². The summed E-state index contributed by atoms with van der Waals surface area (Å²) in [6.45, 7) is 1.58. The summed E-state index contributed by atoms with van der Waals surface area (Å²) in [5.74, 6) is -0.296. The molecule has 2 aliphatic heterocycles. The average Bonchev–Trinajstić information content (AvgIpc) is 3.83. The van der Waals surface area contributed by atoms with Gasteiger partial charge in [0.15, 0.2) is 0 Å². The van der Waals surface area contributed by atoms with Gasteiger partial charge >= 0.3 is 12.2 Å². The van der Waals surface area contributed by atoms with Gasteiger partial charge in [-0.1, -0.05) is 97.1 Å². The van der Waals surface area contributed by atoms with Crippen molar-refractivity contribution in [3.05, 3.63) is 131 Å². The molecule has 0 unspecified atom stereocenters. The van der Waals surface area contributed by atoms with Crippen molar-refractivity contribution >= 4 is 47.5 Å². The minimum absolute atomic E-state index is 0.148. The Labute approximate surface area is 304 Å². The van der Waals surface area contributed by atoms with Crippen LogP contribution in [0, 0.1) is 0 Å². The summed E-state index contributed by atoms with van der Waals surface area (Å²) in [5, 5.41) is 5.90. The maximum Gasteiger partial charge on any atom is 0.410 e. The lowest BCUT2D eigenvalue weighted by Crippen LogP contribution is -2.38. The molecule has 4 aromatic rings. The van der Waals surface area contributed by atoms with Gasteiger partial charge in [-0.05, 0) is 72.2 Å². The molecule has 10 heteroatoms. The Morgan fingerprint density at radius 3 is 1.33 bits per heavy atom. The van der Waals surface area contributed by atoms with Crippen molar-refractivity contribution in [3.63, 3.8) is 0 Å². The van der Waals surface area contributed by atoms with Crippen LogP contribution in [0.4, 0.5) is 21.0 Å². The molecule has 0 bridgehead atoms. The molecule has 2 aliphatic rings. The molecule has 0 radical (unpaired) electrons. The van der Waals surface area contributed by atoms with Crippen molar-refractivity contribution in [2.75, 3.05) is 23.7 Å². The van der Waals surface area contributed by atoms with Gasteiger partial charge in [-0.2, -0.15) is 0 Å². The standard InChI is InChI=1S/C42H44N4O6/c47-39(27-37-13-7-25-45(37)41(49)51-29-33-9-3-1-4-10-33)43-35-21-17-31(18-22-35)15-16-32-19-23-36(24-20-32)44-40(48)28-38-14-8-26-46(38)42(50)52-30-34-11-5-2-6-12-34/h1-6,9-12,15-24,37-38H,7-8,13-14,25-30H2,(H,43,47)(H,44,48)/b16-15+/t37-,38-/m0/s1. The van der Waals surface area contributed by atoms with E-state index >= 15 is 0 Å². The molecule has 2 saturated heterocycles. The Morgan fingerprint density at radius 2 is 0.942 bits per heavy atom. The molecule has 0 saturated carbocycles. The Bertz CT molecular complexity index is 1700. The number of hydrogen-bond donors (Lipinski definition) is 2. The molecule has 52 heavy (non-hydrogen) atoms. The maximum atomic E-state index is 12.9. The smallest absolute Gasteiger partial charge is 0.410 e. The van der Waals surface area contributed by atoms with E-state index in [2.05, 4.69) is 10.6 Å². The first kappa shape index (κ1) is 35.9. The minimum atomic E-state index is -0.388. The second-order valence-corrected chi connectivity index (χ2v) is 13.1. The van der Waals surface area contributed by atoms with Gasteiger partial charge in [-0.3, -0.25) is 9.59 Å². The van der Waals surface area contributed by atoms with Crippen molar-refractivity contribution < 1.29 is 28.7 Å². The molecule has 10 nitrogen and oxygen atoms in total. The van der Waals surface area contributed by atoms with Crippen LogP contribution in [0.15, 0.2) is 109 Å². The third-order valence-corrected chi connectivity index (χ3v) is 9.33. The van der Waals surface area contributed by atoms with Gasteiger partial charge < -0.3 is 29.9 Å². The molecule has 2 fully saturated rings. The monoisotopic (exact) mass is 700 g/mol. The number of anilines is 2. The van der Waals surface area contributed by atoms with Gasteiger partial charge in [-0.25, -0.2) is 9.59 Å². The van der Waals surface area contributed by atoms with Crippen LogP contribution in [0.5, 0.6) is 0 Å². The second-order valence-electron chi connectivity index (χ2n) is 13.1. The van der Waals surface area contributed by atoms with Crippen molar-refractivity contribution in [3.8, 4) is 0 Å². The molecule has 0 aliphatic carbocycles. The third-order valence-electron chi connectivity index (χ3n) is 9.33. The Morgan fingerprint density at radius 1 is 0.558 bits per heavy atom. The molecule has 6 rings (SSSR count). The zero-order valence-corrected chi connectivity index (χ0v) is 29.1. The van der Waals surface area contributed by atoms with Crippen molar-refractivity contribution in [1.82, 2.24) is 9.80 Å². The van der Waals surface area contributed by atoms with Crippen LogP contribution in [-0.4, -0.2) is 59.0 Å². The topological polar surface area (TPSA) is 117 Å². The summed E-state index contributed by atoms with van der Waals surface area (Å²) in [6, 6.07) is 33.8. The molecule has 0 spiro atoms. The van der Waals surface area contributed by atoms with Gasteiger partial charge in [0.25, 0.3) is 0 Å². The number of carbonyl (C=O) groups excluding carboxylic acids is 4. The van der Waals surface area contributed by atoms with Gasteiger partial charge in [0.05, 0.1) is 0 Å². The third kappa shape index (κ3) is 10.3. The van der Waals surface area contributed by atoms with E-state index in [4.69, 9.17) is 9.47 Å². The molecule has 2 heterocycles. The fraction of sp³-hybridized carbons (Fsp3) is 0.286. The zero-order valence-electron chi connectivity index (χ0n) is 29.1.